The number of nitrogens with zero attached hydrogens (tertiary/aromatic N) is 1. The fourth-order valence-corrected chi connectivity index (χ4v) is 6.05. The summed E-state index contributed by atoms with van der Waals surface area (Å²) in [6, 6.07) is 6.11. The SMILES string of the molecule is CCCCCCCCC1(CCCN(C)CCc2ccc(OC)c(OC)c2)C(OC)=C(OC)C(OC)=CC1CC=O. The van der Waals surface area contributed by atoms with Crippen molar-refractivity contribution in [2.75, 3.05) is 55.7 Å². The van der Waals surface area contributed by atoms with E-state index >= 15 is 0 Å². The summed E-state index contributed by atoms with van der Waals surface area (Å²) in [6.45, 7) is 4.12. The summed E-state index contributed by atoms with van der Waals surface area (Å²) >= 11 is 0. The van der Waals surface area contributed by atoms with Crippen molar-refractivity contribution in [3.63, 3.8) is 0 Å². The van der Waals surface area contributed by atoms with Gasteiger partial charge in [0.15, 0.2) is 23.0 Å². The first-order chi connectivity index (χ1) is 19.4. The second-order valence-corrected chi connectivity index (χ2v) is 10.8. The van der Waals surface area contributed by atoms with Crippen molar-refractivity contribution in [3.8, 4) is 11.5 Å². The Kier molecular flexibility index (Phi) is 15.0. The summed E-state index contributed by atoms with van der Waals surface area (Å²) in [5.41, 5.74) is 0.909. The summed E-state index contributed by atoms with van der Waals surface area (Å²) in [4.78, 5) is 14.2. The van der Waals surface area contributed by atoms with Crippen LogP contribution in [0.1, 0.15) is 76.7 Å². The van der Waals surface area contributed by atoms with Crippen LogP contribution >= 0.6 is 0 Å². The molecule has 0 radical (unpaired) electrons. The van der Waals surface area contributed by atoms with Crippen molar-refractivity contribution >= 4 is 6.29 Å². The second kappa shape index (κ2) is 17.9. The van der Waals surface area contributed by atoms with E-state index in [0.29, 0.717) is 17.9 Å². The van der Waals surface area contributed by atoms with E-state index in [0.717, 1.165) is 68.7 Å². The molecule has 2 atom stereocenters. The van der Waals surface area contributed by atoms with Crippen molar-refractivity contribution < 1.29 is 28.5 Å². The van der Waals surface area contributed by atoms with Gasteiger partial charge in [0.1, 0.15) is 12.0 Å². The van der Waals surface area contributed by atoms with Gasteiger partial charge in [0.25, 0.3) is 0 Å². The monoisotopic (exact) mass is 559 g/mol. The van der Waals surface area contributed by atoms with Crippen LogP contribution in [-0.4, -0.2) is 66.9 Å². The number of ether oxygens (including phenoxy) is 5. The third-order valence-corrected chi connectivity index (χ3v) is 8.29. The minimum Gasteiger partial charge on any atom is -0.496 e. The molecule has 0 amide bonds. The molecule has 0 saturated carbocycles. The highest BCUT2D eigenvalue weighted by atomic mass is 16.5. The molecule has 0 heterocycles. The van der Waals surface area contributed by atoms with E-state index in [1.165, 1.54) is 37.7 Å². The van der Waals surface area contributed by atoms with Gasteiger partial charge in [-0.1, -0.05) is 51.5 Å². The highest BCUT2D eigenvalue weighted by Gasteiger charge is 2.47. The van der Waals surface area contributed by atoms with Crippen LogP contribution in [0.25, 0.3) is 0 Å². The predicted molar refractivity (Wildman–Crippen MR) is 161 cm³/mol. The number of unbranched alkanes of at least 4 members (excludes halogenated alkanes) is 5. The first-order valence-electron chi connectivity index (χ1n) is 14.9. The smallest absolute Gasteiger partial charge is 0.199 e. The van der Waals surface area contributed by atoms with Gasteiger partial charge >= 0.3 is 0 Å². The molecule has 2 rings (SSSR count). The molecular formula is C33H53NO6. The third kappa shape index (κ3) is 8.92. The standard InChI is InChI=1S/C33H53NO6/c1-8-9-10-11-12-13-19-33(27(18-23-35)25-30(38-5)31(39-6)32(33)40-7)20-14-21-34(2)22-17-26-15-16-28(36-3)29(24-26)37-4/h15-16,23-25,27H,8-14,17-22H2,1-7H3. The van der Waals surface area contributed by atoms with Crippen molar-refractivity contribution in [2.24, 2.45) is 11.3 Å². The molecular weight excluding hydrogens is 506 g/mol. The van der Waals surface area contributed by atoms with Gasteiger partial charge in [0, 0.05) is 24.3 Å². The molecule has 1 aromatic rings. The molecule has 226 valence electrons. The van der Waals surface area contributed by atoms with Crippen LogP contribution in [0.3, 0.4) is 0 Å². The Morgan fingerprint density at radius 3 is 2.15 bits per heavy atom. The van der Waals surface area contributed by atoms with Crippen LogP contribution < -0.4 is 9.47 Å². The van der Waals surface area contributed by atoms with Gasteiger partial charge in [-0.05, 0) is 63.0 Å². The Labute approximate surface area is 242 Å². The number of likely N-dealkylation sites (N-methyl/N-ethyl adjacent to an activating group) is 1. The Morgan fingerprint density at radius 2 is 1.52 bits per heavy atom. The maximum atomic E-state index is 11.9. The molecule has 40 heavy (non-hydrogen) atoms. The Bertz CT molecular complexity index is 958. The number of hydrogen-bond acceptors (Lipinski definition) is 7. The Morgan fingerprint density at radius 1 is 0.825 bits per heavy atom. The van der Waals surface area contributed by atoms with Crippen molar-refractivity contribution in [3.05, 3.63) is 47.1 Å². The minimum absolute atomic E-state index is 0.00140. The molecule has 7 heteroatoms. The largest absolute Gasteiger partial charge is 0.496 e. The summed E-state index contributed by atoms with van der Waals surface area (Å²) in [6.07, 6.45) is 14.6. The maximum Gasteiger partial charge on any atom is 0.199 e. The Balaban J connectivity index is 2.17. The van der Waals surface area contributed by atoms with E-state index in [2.05, 4.69) is 37.1 Å². The quantitative estimate of drug-likeness (QED) is 0.119. The predicted octanol–water partition coefficient (Wildman–Crippen LogP) is 6.95. The lowest BCUT2D eigenvalue weighted by molar-refractivity contribution is -0.109. The van der Waals surface area contributed by atoms with Gasteiger partial charge in [-0.15, -0.1) is 0 Å². The lowest BCUT2D eigenvalue weighted by Gasteiger charge is -2.44. The molecule has 7 nitrogen and oxygen atoms in total. The number of aldehydes is 1. The van der Waals surface area contributed by atoms with Crippen LogP contribution in [0.15, 0.2) is 41.6 Å². The first-order valence-corrected chi connectivity index (χ1v) is 14.9. The molecule has 0 saturated heterocycles. The van der Waals surface area contributed by atoms with Gasteiger partial charge < -0.3 is 33.4 Å². The van der Waals surface area contributed by atoms with Gasteiger partial charge in [0.05, 0.1) is 35.5 Å². The van der Waals surface area contributed by atoms with E-state index in [4.69, 9.17) is 23.7 Å². The summed E-state index contributed by atoms with van der Waals surface area (Å²) in [5, 5.41) is 0. The first kappa shape index (κ1) is 33.5. The molecule has 1 aliphatic carbocycles. The lowest BCUT2D eigenvalue weighted by atomic mass is 9.63. The van der Waals surface area contributed by atoms with Crippen molar-refractivity contribution in [2.45, 2.75) is 77.6 Å². The van der Waals surface area contributed by atoms with Gasteiger partial charge in [0.2, 0.25) is 0 Å². The topological polar surface area (TPSA) is 66.5 Å². The molecule has 0 spiro atoms. The zero-order valence-corrected chi connectivity index (χ0v) is 26.1. The normalized spacial score (nSPS) is 18.9. The van der Waals surface area contributed by atoms with E-state index < -0.39 is 0 Å². The van der Waals surface area contributed by atoms with E-state index in [-0.39, 0.29) is 11.3 Å². The summed E-state index contributed by atoms with van der Waals surface area (Å²) < 4.78 is 28.4. The number of hydrogen-bond donors (Lipinski definition) is 0. The van der Waals surface area contributed by atoms with E-state index in [1.54, 1.807) is 35.5 Å². The zero-order chi connectivity index (χ0) is 29.4. The molecule has 0 aromatic heterocycles. The maximum absolute atomic E-state index is 11.9. The average Bonchev–Trinajstić information content (AvgIpc) is 2.98. The summed E-state index contributed by atoms with van der Waals surface area (Å²) in [5.74, 6) is 3.63. The summed E-state index contributed by atoms with van der Waals surface area (Å²) in [7, 11) is 10.5. The Hall–Kier alpha value is -2.67. The average molecular weight is 560 g/mol. The van der Waals surface area contributed by atoms with E-state index in [1.807, 2.05) is 6.07 Å². The number of rotatable bonds is 21. The van der Waals surface area contributed by atoms with Gasteiger partial charge in [-0.3, -0.25) is 0 Å². The molecule has 0 bridgehead atoms. The number of carbonyl (C=O) groups excluding carboxylic acids is 1. The van der Waals surface area contributed by atoms with Crippen molar-refractivity contribution in [1.82, 2.24) is 4.90 Å². The highest BCUT2D eigenvalue weighted by Crippen LogP contribution is 2.52. The zero-order valence-electron chi connectivity index (χ0n) is 26.1. The van der Waals surface area contributed by atoms with Gasteiger partial charge in [-0.2, -0.15) is 0 Å². The van der Waals surface area contributed by atoms with Crippen LogP contribution in [0.5, 0.6) is 11.5 Å². The molecule has 0 aliphatic heterocycles. The molecule has 0 fully saturated rings. The number of methoxy groups -OCH3 is 5. The van der Waals surface area contributed by atoms with Crippen LogP contribution in [0, 0.1) is 11.3 Å². The van der Waals surface area contributed by atoms with E-state index in [9.17, 15) is 4.79 Å². The molecule has 1 aliphatic rings. The number of allylic oxidation sites excluding steroid dienone is 2. The second-order valence-electron chi connectivity index (χ2n) is 10.8. The molecule has 2 unspecified atom stereocenters. The highest BCUT2D eigenvalue weighted by molar-refractivity contribution is 5.52. The minimum atomic E-state index is -0.308. The number of benzene rings is 1. The van der Waals surface area contributed by atoms with Crippen molar-refractivity contribution in [1.29, 1.82) is 0 Å². The number of carbonyl (C=O) groups is 1. The fourth-order valence-electron chi connectivity index (χ4n) is 6.05. The fraction of sp³-hybridized carbons (Fsp3) is 0.667. The molecule has 0 N–H and O–H groups in total. The lowest BCUT2D eigenvalue weighted by Crippen LogP contribution is -2.38. The van der Waals surface area contributed by atoms with Crippen LogP contribution in [-0.2, 0) is 25.4 Å². The molecule has 1 aromatic carbocycles. The van der Waals surface area contributed by atoms with Crippen LogP contribution in [0.2, 0.25) is 0 Å². The third-order valence-electron chi connectivity index (χ3n) is 8.29. The van der Waals surface area contributed by atoms with Gasteiger partial charge in [-0.25, -0.2) is 0 Å². The van der Waals surface area contributed by atoms with Crippen LogP contribution in [0.4, 0.5) is 0 Å².